The second-order valence-electron chi connectivity index (χ2n) is 3.70. The Kier molecular flexibility index (Phi) is 3.85. The summed E-state index contributed by atoms with van der Waals surface area (Å²) in [5.74, 6) is 1.42. The number of hydrogen-bond acceptors (Lipinski definition) is 4. The van der Waals surface area contributed by atoms with Gasteiger partial charge in [-0.05, 0) is 13.8 Å². The van der Waals surface area contributed by atoms with Crippen molar-refractivity contribution in [3.63, 3.8) is 0 Å². The van der Waals surface area contributed by atoms with Crippen LogP contribution in [0.3, 0.4) is 0 Å². The van der Waals surface area contributed by atoms with Crippen molar-refractivity contribution in [1.29, 1.82) is 0 Å². The third-order valence-corrected chi connectivity index (χ3v) is 2.07. The largest absolute Gasteiger partial charge is 0.444 e. The minimum Gasteiger partial charge on any atom is -0.444 e. The molecule has 0 spiro atoms. The molecule has 5 heteroatoms. The van der Waals surface area contributed by atoms with E-state index in [0.29, 0.717) is 5.89 Å². The molecule has 0 aliphatic rings. The van der Waals surface area contributed by atoms with Crippen molar-refractivity contribution in [2.24, 2.45) is 0 Å². The molecule has 1 heterocycles. The summed E-state index contributed by atoms with van der Waals surface area (Å²) in [6, 6.07) is -0.0531. The molecule has 0 saturated heterocycles. The second kappa shape index (κ2) is 4.93. The number of carbonyl (C=O) groups excluding carboxylic acids is 1. The van der Waals surface area contributed by atoms with E-state index in [2.05, 4.69) is 10.3 Å². The number of likely N-dealkylation sites (N-methyl/N-ethyl adjacent to an activating group) is 1. The highest BCUT2D eigenvalue weighted by Gasteiger charge is 2.12. The maximum absolute atomic E-state index is 11.3. The third-order valence-electron chi connectivity index (χ3n) is 2.07. The maximum Gasteiger partial charge on any atom is 0.236 e. The third kappa shape index (κ3) is 3.36. The summed E-state index contributed by atoms with van der Waals surface area (Å²) in [4.78, 5) is 16.9. The number of carbonyl (C=O) groups is 1. The summed E-state index contributed by atoms with van der Waals surface area (Å²) < 4.78 is 5.34. The molecule has 0 fully saturated rings. The number of hydrogen-bond donors (Lipinski definition) is 1. The van der Waals surface area contributed by atoms with Crippen molar-refractivity contribution in [1.82, 2.24) is 15.2 Å². The summed E-state index contributed by atoms with van der Waals surface area (Å²) in [6.07, 6.45) is 1.67. The van der Waals surface area contributed by atoms with Gasteiger partial charge in [0, 0.05) is 14.1 Å². The van der Waals surface area contributed by atoms with Gasteiger partial charge in [-0.15, -0.1) is 0 Å². The number of amides is 1. The molecule has 1 rings (SSSR count). The van der Waals surface area contributed by atoms with Gasteiger partial charge >= 0.3 is 0 Å². The van der Waals surface area contributed by atoms with Crippen LogP contribution in [-0.2, 0) is 4.79 Å². The normalized spacial score (nSPS) is 12.5. The van der Waals surface area contributed by atoms with Crippen molar-refractivity contribution in [3.8, 4) is 0 Å². The molecule has 1 aromatic rings. The SMILES string of the molecule is Cc1cnc(C(C)NCC(=O)N(C)C)o1. The Morgan fingerprint density at radius 2 is 2.33 bits per heavy atom. The van der Waals surface area contributed by atoms with Crippen molar-refractivity contribution >= 4 is 5.91 Å². The van der Waals surface area contributed by atoms with E-state index in [0.717, 1.165) is 5.76 Å². The van der Waals surface area contributed by atoms with E-state index >= 15 is 0 Å². The fraction of sp³-hybridized carbons (Fsp3) is 0.600. The molecule has 15 heavy (non-hydrogen) atoms. The van der Waals surface area contributed by atoms with Gasteiger partial charge in [-0.2, -0.15) is 0 Å². The molecule has 1 aromatic heterocycles. The van der Waals surface area contributed by atoms with Gasteiger partial charge in [0.1, 0.15) is 5.76 Å². The molecule has 5 nitrogen and oxygen atoms in total. The van der Waals surface area contributed by atoms with Gasteiger partial charge in [-0.1, -0.05) is 0 Å². The first kappa shape index (κ1) is 11.7. The van der Waals surface area contributed by atoms with E-state index < -0.39 is 0 Å². The summed E-state index contributed by atoms with van der Waals surface area (Å²) in [5, 5.41) is 3.05. The molecule has 1 N–H and O–H groups in total. The molecule has 0 aliphatic carbocycles. The highest BCUT2D eigenvalue weighted by Crippen LogP contribution is 2.11. The summed E-state index contributed by atoms with van der Waals surface area (Å²) >= 11 is 0. The van der Waals surface area contributed by atoms with Gasteiger partial charge in [0.25, 0.3) is 0 Å². The lowest BCUT2D eigenvalue weighted by atomic mass is 10.3. The molecule has 1 amide bonds. The lowest BCUT2D eigenvalue weighted by molar-refractivity contribution is -0.127. The predicted octanol–water partition coefficient (Wildman–Crippen LogP) is 0.722. The Morgan fingerprint density at radius 1 is 1.67 bits per heavy atom. The fourth-order valence-corrected chi connectivity index (χ4v) is 1.06. The zero-order chi connectivity index (χ0) is 11.4. The first-order valence-electron chi connectivity index (χ1n) is 4.86. The predicted molar refractivity (Wildman–Crippen MR) is 56.4 cm³/mol. The Bertz CT molecular complexity index is 333. The molecule has 0 saturated carbocycles. The van der Waals surface area contributed by atoms with Crippen LogP contribution in [0.25, 0.3) is 0 Å². The number of aryl methyl sites for hydroxylation is 1. The van der Waals surface area contributed by atoms with Gasteiger partial charge in [-0.25, -0.2) is 4.98 Å². The first-order chi connectivity index (χ1) is 7.00. The molecule has 0 radical (unpaired) electrons. The fourth-order valence-electron chi connectivity index (χ4n) is 1.06. The number of nitrogens with one attached hydrogen (secondary N) is 1. The number of rotatable bonds is 4. The van der Waals surface area contributed by atoms with Crippen LogP contribution in [-0.4, -0.2) is 36.4 Å². The lowest BCUT2D eigenvalue weighted by Gasteiger charge is -2.13. The highest BCUT2D eigenvalue weighted by molar-refractivity contribution is 5.77. The topological polar surface area (TPSA) is 58.4 Å². The van der Waals surface area contributed by atoms with E-state index in [4.69, 9.17) is 4.42 Å². The Labute approximate surface area is 89.5 Å². The van der Waals surface area contributed by atoms with Crippen LogP contribution in [0.15, 0.2) is 10.6 Å². The molecule has 0 aromatic carbocycles. The number of oxazole rings is 1. The lowest BCUT2D eigenvalue weighted by Crippen LogP contribution is -2.34. The molecule has 1 atom stereocenters. The monoisotopic (exact) mass is 211 g/mol. The van der Waals surface area contributed by atoms with Crippen molar-refractivity contribution in [3.05, 3.63) is 17.8 Å². The Morgan fingerprint density at radius 3 is 2.80 bits per heavy atom. The minimum absolute atomic E-state index is 0.0325. The molecule has 0 aliphatic heterocycles. The average molecular weight is 211 g/mol. The molecule has 1 unspecified atom stereocenters. The quantitative estimate of drug-likeness (QED) is 0.797. The van der Waals surface area contributed by atoms with Crippen LogP contribution in [0.4, 0.5) is 0 Å². The van der Waals surface area contributed by atoms with Gasteiger partial charge in [-0.3, -0.25) is 10.1 Å². The van der Waals surface area contributed by atoms with E-state index in [1.165, 1.54) is 0 Å². The molecular formula is C10H17N3O2. The van der Waals surface area contributed by atoms with Crippen molar-refractivity contribution < 1.29 is 9.21 Å². The van der Waals surface area contributed by atoms with Crippen LogP contribution < -0.4 is 5.32 Å². The Balaban J connectivity index is 2.43. The van der Waals surface area contributed by atoms with E-state index in [-0.39, 0.29) is 18.5 Å². The number of aromatic nitrogens is 1. The average Bonchev–Trinajstić information content (AvgIpc) is 2.60. The van der Waals surface area contributed by atoms with Crippen LogP contribution in [0.2, 0.25) is 0 Å². The molecule has 84 valence electrons. The summed E-state index contributed by atoms with van der Waals surface area (Å²) in [5.41, 5.74) is 0. The van der Waals surface area contributed by atoms with E-state index in [1.807, 2.05) is 13.8 Å². The molecule has 0 bridgehead atoms. The van der Waals surface area contributed by atoms with Crippen LogP contribution >= 0.6 is 0 Å². The Hall–Kier alpha value is -1.36. The first-order valence-corrected chi connectivity index (χ1v) is 4.86. The van der Waals surface area contributed by atoms with E-state index in [9.17, 15) is 4.79 Å². The van der Waals surface area contributed by atoms with E-state index in [1.54, 1.807) is 25.2 Å². The number of nitrogens with zero attached hydrogens (tertiary/aromatic N) is 2. The van der Waals surface area contributed by atoms with Crippen molar-refractivity contribution in [2.75, 3.05) is 20.6 Å². The smallest absolute Gasteiger partial charge is 0.236 e. The highest BCUT2D eigenvalue weighted by atomic mass is 16.4. The summed E-state index contributed by atoms with van der Waals surface area (Å²) in [6.45, 7) is 4.04. The zero-order valence-corrected chi connectivity index (χ0v) is 9.57. The van der Waals surface area contributed by atoms with Gasteiger partial charge < -0.3 is 9.32 Å². The second-order valence-corrected chi connectivity index (χ2v) is 3.70. The van der Waals surface area contributed by atoms with Gasteiger partial charge in [0.2, 0.25) is 11.8 Å². The summed E-state index contributed by atoms with van der Waals surface area (Å²) in [7, 11) is 3.45. The standard InChI is InChI=1S/C10H17N3O2/c1-7-5-12-10(15-7)8(2)11-6-9(14)13(3)4/h5,8,11H,6H2,1-4H3. The van der Waals surface area contributed by atoms with Gasteiger partial charge in [0.05, 0.1) is 18.8 Å². The van der Waals surface area contributed by atoms with Gasteiger partial charge in [0.15, 0.2) is 0 Å². The molecular weight excluding hydrogens is 194 g/mol. The van der Waals surface area contributed by atoms with Crippen LogP contribution in [0.1, 0.15) is 24.6 Å². The van der Waals surface area contributed by atoms with Crippen LogP contribution in [0.5, 0.6) is 0 Å². The maximum atomic E-state index is 11.3. The van der Waals surface area contributed by atoms with Crippen LogP contribution in [0, 0.1) is 6.92 Å². The minimum atomic E-state index is -0.0531. The zero-order valence-electron chi connectivity index (χ0n) is 9.57. The van der Waals surface area contributed by atoms with Crippen molar-refractivity contribution in [2.45, 2.75) is 19.9 Å².